The second kappa shape index (κ2) is 4.15. The molecule has 84 valence electrons. The fourth-order valence-corrected chi connectivity index (χ4v) is 2.60. The van der Waals surface area contributed by atoms with E-state index in [1.807, 2.05) is 0 Å². The molecular weight excluding hydrogens is 236 g/mol. The predicted octanol–water partition coefficient (Wildman–Crippen LogP) is 0.0543. The van der Waals surface area contributed by atoms with E-state index in [1.165, 1.54) is 0 Å². The maximum Gasteiger partial charge on any atom is 0.239 e. The Morgan fingerprint density at radius 1 is 1.60 bits per heavy atom. The van der Waals surface area contributed by atoms with E-state index >= 15 is 0 Å². The second-order valence-electron chi connectivity index (χ2n) is 3.14. The molecule has 0 bridgehead atoms. The minimum absolute atomic E-state index is 0.0682. The molecule has 8 heteroatoms. The maximum absolute atomic E-state index is 11.5. The van der Waals surface area contributed by atoms with Gasteiger partial charge in [-0.1, -0.05) is 12.2 Å². The zero-order valence-electron chi connectivity index (χ0n) is 8.36. The van der Waals surface area contributed by atoms with E-state index in [0.29, 0.717) is 17.1 Å². The molecule has 15 heavy (non-hydrogen) atoms. The topological polar surface area (TPSA) is 101 Å². The van der Waals surface area contributed by atoms with Crippen LogP contribution in [0.1, 0.15) is 11.4 Å². The number of rotatable bonds is 4. The van der Waals surface area contributed by atoms with Gasteiger partial charge in [-0.2, -0.15) is 5.10 Å². The molecule has 0 spiro atoms. The van der Waals surface area contributed by atoms with E-state index in [9.17, 15) is 8.42 Å². The Labute approximate surface area is 93.3 Å². The number of nitrogens with one attached hydrogen (secondary N) is 2. The molecule has 0 aliphatic rings. The van der Waals surface area contributed by atoms with Crippen LogP contribution in [-0.2, 0) is 10.0 Å². The average Bonchev–Trinajstić information content (AvgIpc) is 2.33. The van der Waals surface area contributed by atoms with Gasteiger partial charge < -0.3 is 5.73 Å². The monoisotopic (exact) mass is 248 g/mol. The minimum atomic E-state index is -3.52. The number of H-pyrrole nitrogens is 1. The molecule has 0 saturated carbocycles. The van der Waals surface area contributed by atoms with Crippen LogP contribution in [0, 0.1) is 13.8 Å². The van der Waals surface area contributed by atoms with E-state index < -0.39 is 10.0 Å². The fourth-order valence-electron chi connectivity index (χ4n) is 1.08. The lowest BCUT2D eigenvalue weighted by Gasteiger charge is -2.06. The van der Waals surface area contributed by atoms with Crippen LogP contribution in [-0.4, -0.2) is 29.4 Å². The first-order chi connectivity index (χ1) is 6.82. The Balaban J connectivity index is 2.91. The lowest BCUT2D eigenvalue weighted by molar-refractivity contribution is 0.605. The third kappa shape index (κ3) is 3.17. The summed E-state index contributed by atoms with van der Waals surface area (Å²) in [5.74, 6) is -0.369. The molecule has 1 heterocycles. The van der Waals surface area contributed by atoms with Crippen molar-refractivity contribution in [1.82, 2.24) is 10.2 Å². The van der Waals surface area contributed by atoms with Crippen molar-refractivity contribution in [2.24, 2.45) is 5.73 Å². The highest BCUT2D eigenvalue weighted by molar-refractivity contribution is 7.95. The number of nitrogens with two attached hydrogens (primary N) is 1. The number of hydrogen-bond acceptors (Lipinski definition) is 4. The van der Waals surface area contributed by atoms with Gasteiger partial charge in [0.05, 0.1) is 22.1 Å². The fraction of sp³-hybridized carbons (Fsp3) is 0.429. The normalized spacial score (nSPS) is 11.3. The Morgan fingerprint density at radius 2 is 2.20 bits per heavy atom. The van der Waals surface area contributed by atoms with Crippen molar-refractivity contribution in [2.45, 2.75) is 13.8 Å². The van der Waals surface area contributed by atoms with Gasteiger partial charge in [0.1, 0.15) is 5.75 Å². The third-order valence-corrected chi connectivity index (χ3v) is 3.25. The van der Waals surface area contributed by atoms with Crippen LogP contribution < -0.4 is 10.5 Å². The number of aryl methyl sites for hydroxylation is 2. The Bertz CT molecular complexity index is 458. The maximum atomic E-state index is 11.5. The van der Waals surface area contributed by atoms with Gasteiger partial charge in [-0.05, 0) is 13.8 Å². The minimum Gasteiger partial charge on any atom is -0.392 e. The summed E-state index contributed by atoms with van der Waals surface area (Å²) in [5.41, 5.74) is 6.86. The van der Waals surface area contributed by atoms with Gasteiger partial charge in [0.2, 0.25) is 10.0 Å². The van der Waals surface area contributed by atoms with Gasteiger partial charge in [-0.3, -0.25) is 9.82 Å². The summed E-state index contributed by atoms with van der Waals surface area (Å²) in [4.78, 5) is -0.0682. The molecule has 0 aliphatic heterocycles. The molecule has 0 unspecified atom stereocenters. The highest BCUT2D eigenvalue weighted by Crippen LogP contribution is 2.17. The molecule has 1 rings (SSSR count). The number of aromatic nitrogens is 2. The van der Waals surface area contributed by atoms with Crippen LogP contribution in [0.15, 0.2) is 0 Å². The van der Waals surface area contributed by atoms with E-state index in [1.54, 1.807) is 13.8 Å². The van der Waals surface area contributed by atoms with Crippen molar-refractivity contribution < 1.29 is 8.42 Å². The van der Waals surface area contributed by atoms with Crippen LogP contribution in [0.4, 0.5) is 5.69 Å². The number of aromatic amines is 1. The molecule has 1 aromatic heterocycles. The molecule has 0 amide bonds. The second-order valence-corrected chi connectivity index (χ2v) is 5.38. The molecule has 1 aromatic rings. The zero-order chi connectivity index (χ0) is 11.6. The van der Waals surface area contributed by atoms with Crippen molar-refractivity contribution in [1.29, 1.82) is 0 Å². The lowest BCUT2D eigenvalue weighted by Crippen LogP contribution is -2.26. The van der Waals surface area contributed by atoms with Gasteiger partial charge in [-0.25, -0.2) is 8.42 Å². The standard InChI is InChI=1S/C7H12N4O2S2/c1-4-7(5(2)10-9-4)11-15(12,13)3-6(8)14/h11H,3H2,1-2H3,(H2,8,14)(H,9,10). The van der Waals surface area contributed by atoms with Gasteiger partial charge in [0.25, 0.3) is 0 Å². The summed E-state index contributed by atoms with van der Waals surface area (Å²) in [6, 6.07) is 0. The number of sulfonamides is 1. The van der Waals surface area contributed by atoms with Gasteiger partial charge in [0.15, 0.2) is 0 Å². The molecular formula is C7H12N4O2S2. The summed E-state index contributed by atoms with van der Waals surface area (Å²) in [5, 5.41) is 6.54. The summed E-state index contributed by atoms with van der Waals surface area (Å²) >= 11 is 4.54. The molecule has 6 nitrogen and oxygen atoms in total. The first kappa shape index (κ1) is 11.9. The van der Waals surface area contributed by atoms with Crippen LogP contribution in [0.25, 0.3) is 0 Å². The Kier molecular flexibility index (Phi) is 3.30. The van der Waals surface area contributed by atoms with Crippen molar-refractivity contribution >= 4 is 32.9 Å². The van der Waals surface area contributed by atoms with Gasteiger partial charge in [0, 0.05) is 0 Å². The van der Waals surface area contributed by atoms with E-state index in [-0.39, 0.29) is 10.7 Å². The highest BCUT2D eigenvalue weighted by Gasteiger charge is 2.16. The van der Waals surface area contributed by atoms with Crippen molar-refractivity contribution in [3.63, 3.8) is 0 Å². The molecule has 0 aromatic carbocycles. The summed E-state index contributed by atoms with van der Waals surface area (Å²) < 4.78 is 25.4. The zero-order valence-corrected chi connectivity index (χ0v) is 10.00. The molecule has 0 fully saturated rings. The Hall–Kier alpha value is -1.15. The molecule has 0 atom stereocenters. The molecule has 4 N–H and O–H groups in total. The third-order valence-electron chi connectivity index (χ3n) is 1.72. The average molecular weight is 248 g/mol. The quantitative estimate of drug-likeness (QED) is 0.654. The van der Waals surface area contributed by atoms with Gasteiger partial charge in [-0.15, -0.1) is 0 Å². The van der Waals surface area contributed by atoms with Crippen LogP contribution in [0.3, 0.4) is 0 Å². The van der Waals surface area contributed by atoms with E-state index in [4.69, 9.17) is 5.73 Å². The first-order valence-electron chi connectivity index (χ1n) is 4.12. The SMILES string of the molecule is Cc1n[nH]c(C)c1NS(=O)(=O)CC(N)=S. The smallest absolute Gasteiger partial charge is 0.239 e. The lowest BCUT2D eigenvalue weighted by atomic mass is 10.3. The van der Waals surface area contributed by atoms with Crippen molar-refractivity contribution in [3.8, 4) is 0 Å². The van der Waals surface area contributed by atoms with Gasteiger partial charge >= 0.3 is 0 Å². The number of anilines is 1. The van der Waals surface area contributed by atoms with Crippen LogP contribution >= 0.6 is 12.2 Å². The summed E-state index contributed by atoms with van der Waals surface area (Å²) in [7, 11) is -3.52. The molecule has 0 saturated heterocycles. The van der Waals surface area contributed by atoms with E-state index in [2.05, 4.69) is 27.1 Å². The number of nitrogens with zero attached hydrogens (tertiary/aromatic N) is 1. The van der Waals surface area contributed by atoms with Crippen LogP contribution in [0.2, 0.25) is 0 Å². The molecule has 0 aliphatic carbocycles. The van der Waals surface area contributed by atoms with Crippen molar-refractivity contribution in [2.75, 3.05) is 10.5 Å². The van der Waals surface area contributed by atoms with Crippen LogP contribution in [0.5, 0.6) is 0 Å². The Morgan fingerprint density at radius 3 is 2.60 bits per heavy atom. The summed E-state index contributed by atoms with van der Waals surface area (Å²) in [6.45, 7) is 3.42. The number of hydrogen-bond donors (Lipinski definition) is 3. The largest absolute Gasteiger partial charge is 0.392 e. The first-order valence-corrected chi connectivity index (χ1v) is 6.18. The van der Waals surface area contributed by atoms with Crippen molar-refractivity contribution in [3.05, 3.63) is 11.4 Å². The highest BCUT2D eigenvalue weighted by atomic mass is 32.2. The number of thiocarbonyl (C=S) groups is 1. The predicted molar refractivity (Wildman–Crippen MR) is 62.3 cm³/mol. The van der Waals surface area contributed by atoms with E-state index in [0.717, 1.165) is 0 Å². The molecule has 0 radical (unpaired) electrons. The summed E-state index contributed by atoms with van der Waals surface area (Å²) in [6.07, 6.45) is 0.